The topological polar surface area (TPSA) is 110 Å². The molecule has 2 rings (SSSR count). The summed E-state index contributed by atoms with van der Waals surface area (Å²) < 4.78 is 13.3. The van der Waals surface area contributed by atoms with Crippen molar-refractivity contribution in [3.8, 4) is 0 Å². The van der Waals surface area contributed by atoms with E-state index < -0.39 is 39.3 Å². The molecule has 0 radical (unpaired) electrons. The van der Waals surface area contributed by atoms with E-state index in [9.17, 15) is 24.1 Å². The highest BCUT2D eigenvalue weighted by molar-refractivity contribution is 5.99. The number of benzene rings is 1. The number of nitrogens with one attached hydrogen (secondary N) is 1. The van der Waals surface area contributed by atoms with Crippen molar-refractivity contribution in [2.75, 3.05) is 6.54 Å². The molecule has 0 saturated heterocycles. The summed E-state index contributed by atoms with van der Waals surface area (Å²) >= 11 is 0. The van der Waals surface area contributed by atoms with Gasteiger partial charge in [0.05, 0.1) is 10.3 Å². The number of carboxylic acids is 1. The molecule has 1 fully saturated rings. The van der Waals surface area contributed by atoms with Crippen molar-refractivity contribution < 1.29 is 24.0 Å². The lowest BCUT2D eigenvalue weighted by molar-refractivity contribution is -0.385. The molecule has 0 unspecified atom stereocenters. The maximum Gasteiger partial charge on any atom is 0.311 e. The van der Waals surface area contributed by atoms with Crippen molar-refractivity contribution in [3.05, 3.63) is 39.2 Å². The summed E-state index contributed by atoms with van der Waals surface area (Å²) in [4.78, 5) is 33.2. The fraction of sp³-hybridized carbons (Fsp3) is 0.385. The van der Waals surface area contributed by atoms with Crippen LogP contribution in [0.2, 0.25) is 0 Å². The fourth-order valence-electron chi connectivity index (χ4n) is 2.11. The molecule has 0 bridgehead atoms. The second kappa shape index (κ2) is 5.12. The van der Waals surface area contributed by atoms with Gasteiger partial charge in [0.2, 0.25) is 0 Å². The van der Waals surface area contributed by atoms with Gasteiger partial charge in [-0.3, -0.25) is 19.7 Å². The number of aliphatic carboxylic acids is 1. The number of hydrogen-bond donors (Lipinski definition) is 2. The Kier molecular flexibility index (Phi) is 3.63. The smallest absolute Gasteiger partial charge is 0.311 e. The molecular formula is C13H13FN2O5. The van der Waals surface area contributed by atoms with Gasteiger partial charge < -0.3 is 10.4 Å². The van der Waals surface area contributed by atoms with Crippen molar-refractivity contribution >= 4 is 17.6 Å². The molecule has 1 aliphatic carbocycles. The number of carbonyl (C=O) groups excluding carboxylic acids is 1. The first-order valence-corrected chi connectivity index (χ1v) is 6.23. The minimum atomic E-state index is -1.02. The van der Waals surface area contributed by atoms with Gasteiger partial charge in [-0.2, -0.15) is 0 Å². The molecule has 1 saturated carbocycles. The van der Waals surface area contributed by atoms with Gasteiger partial charge in [0, 0.05) is 12.1 Å². The van der Waals surface area contributed by atoms with Crippen LogP contribution in [0.25, 0.3) is 0 Å². The van der Waals surface area contributed by atoms with Crippen molar-refractivity contribution in [1.82, 2.24) is 5.32 Å². The van der Waals surface area contributed by atoms with Crippen LogP contribution in [0.3, 0.4) is 0 Å². The number of rotatable bonds is 5. The molecule has 2 N–H and O–H groups in total. The van der Waals surface area contributed by atoms with Crippen LogP contribution >= 0.6 is 0 Å². The van der Waals surface area contributed by atoms with E-state index in [4.69, 9.17) is 5.11 Å². The van der Waals surface area contributed by atoms with Crippen LogP contribution in [0.5, 0.6) is 0 Å². The van der Waals surface area contributed by atoms with Crippen LogP contribution in [0.4, 0.5) is 10.1 Å². The molecule has 21 heavy (non-hydrogen) atoms. The third kappa shape index (κ3) is 2.83. The van der Waals surface area contributed by atoms with Crippen LogP contribution in [-0.2, 0) is 4.79 Å². The SMILES string of the molecule is Cc1cc(F)cc(C(=O)NCC2(C(=O)O)CC2)c1[N+](=O)[O-]. The minimum absolute atomic E-state index is 0.0320. The third-order valence-electron chi connectivity index (χ3n) is 3.59. The average Bonchev–Trinajstić information content (AvgIpc) is 3.15. The highest BCUT2D eigenvalue weighted by Gasteiger charge is 2.50. The van der Waals surface area contributed by atoms with Crippen LogP contribution in [0.15, 0.2) is 12.1 Å². The minimum Gasteiger partial charge on any atom is -0.481 e. The fourth-order valence-corrected chi connectivity index (χ4v) is 2.11. The second-order valence-corrected chi connectivity index (χ2v) is 5.14. The predicted molar refractivity (Wildman–Crippen MR) is 69.4 cm³/mol. The van der Waals surface area contributed by atoms with Gasteiger partial charge in [0.25, 0.3) is 11.6 Å². The number of carboxylic acid groups (broad SMARTS) is 1. The van der Waals surface area contributed by atoms with E-state index in [1.54, 1.807) is 0 Å². The Labute approximate surface area is 118 Å². The Morgan fingerprint density at radius 3 is 2.57 bits per heavy atom. The van der Waals surface area contributed by atoms with Gasteiger partial charge in [0.1, 0.15) is 11.4 Å². The van der Waals surface area contributed by atoms with Crippen LogP contribution in [-0.4, -0.2) is 28.5 Å². The Hall–Kier alpha value is -2.51. The molecule has 8 heteroatoms. The van der Waals surface area contributed by atoms with Gasteiger partial charge in [0.15, 0.2) is 0 Å². The van der Waals surface area contributed by atoms with Crippen molar-refractivity contribution in [2.24, 2.45) is 5.41 Å². The molecule has 0 aromatic heterocycles. The van der Waals surface area contributed by atoms with Gasteiger partial charge >= 0.3 is 5.97 Å². The van der Waals surface area contributed by atoms with Gasteiger partial charge in [-0.15, -0.1) is 0 Å². The van der Waals surface area contributed by atoms with Gasteiger partial charge in [-0.25, -0.2) is 4.39 Å². The number of carbonyl (C=O) groups is 2. The molecule has 1 amide bonds. The quantitative estimate of drug-likeness (QED) is 0.634. The molecule has 0 aliphatic heterocycles. The highest BCUT2D eigenvalue weighted by Crippen LogP contribution is 2.45. The molecule has 112 valence electrons. The Morgan fingerprint density at radius 1 is 1.48 bits per heavy atom. The molecule has 1 aromatic rings. The molecule has 0 heterocycles. The van der Waals surface area contributed by atoms with Crippen molar-refractivity contribution in [1.29, 1.82) is 0 Å². The predicted octanol–water partition coefficient (Wildman–Crippen LogP) is 1.64. The number of nitro groups is 1. The number of halogens is 1. The lowest BCUT2D eigenvalue weighted by Gasteiger charge is -2.12. The summed E-state index contributed by atoms with van der Waals surface area (Å²) in [6, 6.07) is 1.75. The Morgan fingerprint density at radius 2 is 2.10 bits per heavy atom. The summed E-state index contributed by atoms with van der Waals surface area (Å²) in [6.45, 7) is 1.20. The molecule has 7 nitrogen and oxygen atoms in total. The number of nitrogens with zero attached hydrogens (tertiary/aromatic N) is 1. The normalized spacial score (nSPS) is 15.3. The average molecular weight is 296 g/mol. The van der Waals surface area contributed by atoms with E-state index in [1.807, 2.05) is 0 Å². The second-order valence-electron chi connectivity index (χ2n) is 5.14. The monoisotopic (exact) mass is 296 g/mol. The number of aryl methyl sites for hydroxylation is 1. The highest BCUT2D eigenvalue weighted by atomic mass is 19.1. The third-order valence-corrected chi connectivity index (χ3v) is 3.59. The summed E-state index contributed by atoms with van der Waals surface area (Å²) in [5.74, 6) is -2.63. The number of nitro benzene ring substituents is 1. The standard InChI is InChI=1S/C13H13FN2O5/c1-7-4-8(14)5-9(10(7)16(20)21)11(17)15-6-13(2-3-13)12(18)19/h4-5H,2-3,6H2,1H3,(H,15,17)(H,18,19). The Balaban J connectivity index is 2.23. The largest absolute Gasteiger partial charge is 0.481 e. The number of amides is 1. The van der Waals surface area contributed by atoms with Crippen molar-refractivity contribution in [3.63, 3.8) is 0 Å². The molecule has 0 atom stereocenters. The zero-order chi connectivity index (χ0) is 15.8. The van der Waals surface area contributed by atoms with Gasteiger partial charge in [-0.1, -0.05) is 0 Å². The van der Waals surface area contributed by atoms with E-state index in [0.717, 1.165) is 12.1 Å². The molecule has 1 aromatic carbocycles. The van der Waals surface area contributed by atoms with Gasteiger partial charge in [-0.05, 0) is 31.9 Å². The maximum atomic E-state index is 13.3. The van der Waals surface area contributed by atoms with E-state index in [0.29, 0.717) is 12.8 Å². The van der Waals surface area contributed by atoms with Crippen LogP contribution < -0.4 is 5.32 Å². The first kappa shape index (κ1) is 14.9. The van der Waals surface area contributed by atoms with E-state index in [2.05, 4.69) is 5.32 Å². The van der Waals surface area contributed by atoms with Crippen molar-refractivity contribution in [2.45, 2.75) is 19.8 Å². The van der Waals surface area contributed by atoms with Crippen LogP contribution in [0, 0.1) is 28.3 Å². The van der Waals surface area contributed by atoms with E-state index in [-0.39, 0.29) is 12.1 Å². The lowest BCUT2D eigenvalue weighted by Crippen LogP contribution is -2.34. The molecular weight excluding hydrogens is 283 g/mol. The maximum absolute atomic E-state index is 13.3. The first-order valence-electron chi connectivity index (χ1n) is 6.23. The Bertz CT molecular complexity index is 640. The summed E-state index contributed by atoms with van der Waals surface area (Å²) in [5.41, 5.74) is -1.84. The van der Waals surface area contributed by atoms with Crippen LogP contribution in [0.1, 0.15) is 28.8 Å². The van der Waals surface area contributed by atoms with E-state index in [1.165, 1.54) is 6.92 Å². The van der Waals surface area contributed by atoms with E-state index >= 15 is 0 Å². The lowest BCUT2D eigenvalue weighted by atomic mass is 10.1. The zero-order valence-electron chi connectivity index (χ0n) is 11.2. The summed E-state index contributed by atoms with van der Waals surface area (Å²) in [7, 11) is 0. The summed E-state index contributed by atoms with van der Waals surface area (Å²) in [5, 5.41) is 22.3. The summed E-state index contributed by atoms with van der Waals surface area (Å²) in [6.07, 6.45) is 0.875. The first-order chi connectivity index (χ1) is 9.77. The molecule has 1 aliphatic rings. The zero-order valence-corrected chi connectivity index (χ0v) is 11.2. The molecule has 0 spiro atoms. The number of hydrogen-bond acceptors (Lipinski definition) is 4.